The minimum absolute atomic E-state index is 0.137. The van der Waals surface area contributed by atoms with E-state index in [1.807, 2.05) is 31.2 Å². The minimum atomic E-state index is -0.891. The molecule has 3 atom stereocenters. The van der Waals surface area contributed by atoms with Crippen molar-refractivity contribution in [3.63, 3.8) is 0 Å². The predicted octanol–water partition coefficient (Wildman–Crippen LogP) is 7.99. The van der Waals surface area contributed by atoms with Gasteiger partial charge in [-0.1, -0.05) is 60.7 Å². The topological polar surface area (TPSA) is 21.8 Å². The van der Waals surface area contributed by atoms with Gasteiger partial charge >= 0.3 is 0 Å². The van der Waals surface area contributed by atoms with E-state index in [-0.39, 0.29) is 41.5 Å². The Morgan fingerprint density at radius 1 is 0.857 bits per heavy atom. The first-order valence-corrected chi connectivity index (χ1v) is 12.0. The van der Waals surface area contributed by atoms with Crippen LogP contribution in [-0.4, -0.2) is 19.3 Å². The van der Waals surface area contributed by atoms with Crippen molar-refractivity contribution in [2.24, 2.45) is 11.8 Å². The largest absolute Gasteiger partial charge is 0.493 e. The van der Waals surface area contributed by atoms with Crippen LogP contribution < -0.4 is 4.74 Å². The second-order valence-electron chi connectivity index (χ2n) is 9.11. The maximum atomic E-state index is 15.0. The molecule has 3 aromatic rings. The van der Waals surface area contributed by atoms with Gasteiger partial charge in [-0.05, 0) is 54.7 Å². The fourth-order valence-corrected chi connectivity index (χ4v) is 4.60. The number of rotatable bonds is 7. The Labute approximate surface area is 203 Å². The van der Waals surface area contributed by atoms with Crippen LogP contribution in [0.2, 0.25) is 0 Å². The van der Waals surface area contributed by atoms with Crippen molar-refractivity contribution in [2.45, 2.75) is 25.9 Å². The number of allylic oxidation sites excluding steroid dienone is 1. The zero-order valence-corrected chi connectivity index (χ0v) is 19.5. The first-order chi connectivity index (χ1) is 17.0. The Balaban J connectivity index is 1.26. The van der Waals surface area contributed by atoms with Crippen molar-refractivity contribution >= 4 is 6.08 Å². The van der Waals surface area contributed by atoms with E-state index >= 15 is 0 Å². The second kappa shape index (κ2) is 10.1. The van der Waals surface area contributed by atoms with Crippen molar-refractivity contribution in [3.05, 3.63) is 95.8 Å². The van der Waals surface area contributed by atoms with Crippen molar-refractivity contribution in [2.75, 3.05) is 13.2 Å². The molecule has 5 rings (SSSR count). The van der Waals surface area contributed by atoms with Crippen LogP contribution in [0.1, 0.15) is 25.3 Å². The van der Waals surface area contributed by atoms with Crippen LogP contribution >= 0.6 is 0 Å². The molecular weight excluding hydrogens is 449 g/mol. The molecule has 1 saturated heterocycles. The molecule has 0 N–H and O–H groups in total. The summed E-state index contributed by atoms with van der Waals surface area (Å²) in [5.74, 6) is -1.44. The lowest BCUT2D eigenvalue weighted by atomic mass is 9.86. The highest BCUT2D eigenvalue weighted by Gasteiger charge is 2.35. The lowest BCUT2D eigenvalue weighted by Gasteiger charge is -2.24. The molecule has 0 aromatic heterocycles. The van der Waals surface area contributed by atoms with Gasteiger partial charge in [0.2, 0.25) is 0 Å². The van der Waals surface area contributed by atoms with E-state index in [0.717, 1.165) is 25.0 Å². The van der Waals surface area contributed by atoms with Gasteiger partial charge in [0.25, 0.3) is 0 Å². The number of ether oxygens (including phenoxy) is 2. The molecule has 0 bridgehead atoms. The summed E-state index contributed by atoms with van der Waals surface area (Å²) in [6.07, 6.45) is 7.34. The average Bonchev–Trinajstić information content (AvgIpc) is 3.72. The molecular formula is C30H27F3O2. The maximum Gasteiger partial charge on any atom is 0.167 e. The van der Waals surface area contributed by atoms with Gasteiger partial charge in [0.1, 0.15) is 11.6 Å². The van der Waals surface area contributed by atoms with Crippen molar-refractivity contribution in [3.8, 4) is 28.0 Å². The van der Waals surface area contributed by atoms with Crippen LogP contribution in [0.25, 0.3) is 28.3 Å². The molecule has 2 aliphatic rings. The van der Waals surface area contributed by atoms with E-state index in [2.05, 4.69) is 0 Å². The van der Waals surface area contributed by atoms with Gasteiger partial charge in [-0.25, -0.2) is 13.2 Å². The maximum absolute atomic E-state index is 15.0. The van der Waals surface area contributed by atoms with Gasteiger partial charge in [-0.15, -0.1) is 0 Å². The van der Waals surface area contributed by atoms with E-state index in [4.69, 9.17) is 9.47 Å². The zero-order valence-electron chi connectivity index (χ0n) is 19.5. The number of epoxide rings is 1. The zero-order chi connectivity index (χ0) is 24.4. The number of hydrogen-bond donors (Lipinski definition) is 0. The standard InChI is InChI=1S/C30H27F3O2/c1-2-3-19-4-6-20(7-5-19)25-14-15-26(30(33)29(25)32)21-10-12-24(13-11-21)34-17-23-9-8-22(16-27(23)31)28-18-35-28/h2-7,10-16,22-23,28H,8-9,17-18H2,1H3/b3-2+. The van der Waals surface area contributed by atoms with Crippen LogP contribution in [-0.2, 0) is 4.74 Å². The van der Waals surface area contributed by atoms with Gasteiger partial charge < -0.3 is 9.47 Å². The summed E-state index contributed by atoms with van der Waals surface area (Å²) in [6, 6.07) is 17.3. The smallest absolute Gasteiger partial charge is 0.167 e. The lowest BCUT2D eigenvalue weighted by molar-refractivity contribution is 0.216. The van der Waals surface area contributed by atoms with E-state index in [1.54, 1.807) is 54.6 Å². The quantitative estimate of drug-likeness (QED) is 0.322. The van der Waals surface area contributed by atoms with Crippen LogP contribution in [0.15, 0.2) is 78.6 Å². The van der Waals surface area contributed by atoms with Crippen molar-refractivity contribution in [1.29, 1.82) is 0 Å². The van der Waals surface area contributed by atoms with Crippen molar-refractivity contribution in [1.82, 2.24) is 0 Å². The third-order valence-electron chi connectivity index (χ3n) is 6.73. The lowest BCUT2D eigenvalue weighted by Crippen LogP contribution is -2.21. The number of benzene rings is 3. The van der Waals surface area contributed by atoms with Gasteiger partial charge in [0.05, 0.1) is 19.3 Å². The summed E-state index contributed by atoms with van der Waals surface area (Å²) in [4.78, 5) is 0. The molecule has 0 spiro atoms. The molecule has 1 fully saturated rings. The highest BCUT2D eigenvalue weighted by molar-refractivity contribution is 5.72. The highest BCUT2D eigenvalue weighted by Crippen LogP contribution is 2.36. The molecule has 5 heteroatoms. The Morgan fingerprint density at radius 3 is 2.00 bits per heavy atom. The first-order valence-electron chi connectivity index (χ1n) is 12.0. The summed E-state index contributed by atoms with van der Waals surface area (Å²) >= 11 is 0. The Bertz CT molecular complexity index is 1240. The fourth-order valence-electron chi connectivity index (χ4n) is 4.60. The van der Waals surface area contributed by atoms with Crippen LogP contribution in [0, 0.1) is 23.5 Å². The molecule has 0 amide bonds. The number of hydrogen-bond acceptors (Lipinski definition) is 2. The summed E-state index contributed by atoms with van der Waals surface area (Å²) in [6.45, 7) is 2.89. The third-order valence-corrected chi connectivity index (χ3v) is 6.73. The van der Waals surface area contributed by atoms with E-state index in [9.17, 15) is 13.2 Å². The van der Waals surface area contributed by atoms with Crippen LogP contribution in [0.5, 0.6) is 5.75 Å². The molecule has 0 radical (unpaired) electrons. The van der Waals surface area contributed by atoms with Gasteiger partial charge in [-0.2, -0.15) is 0 Å². The van der Waals surface area contributed by atoms with Gasteiger partial charge in [0.15, 0.2) is 11.6 Å². The minimum Gasteiger partial charge on any atom is -0.493 e. The molecule has 1 heterocycles. The highest BCUT2D eigenvalue weighted by atomic mass is 19.2. The van der Waals surface area contributed by atoms with Gasteiger partial charge in [0, 0.05) is 23.0 Å². The molecule has 1 aliphatic carbocycles. The molecule has 1 aliphatic heterocycles. The summed E-state index contributed by atoms with van der Waals surface area (Å²) in [7, 11) is 0. The average molecular weight is 477 g/mol. The normalized spacial score (nSPS) is 21.7. The fraction of sp³-hybridized carbons (Fsp3) is 0.267. The Morgan fingerprint density at radius 2 is 1.46 bits per heavy atom. The first kappa shape index (κ1) is 23.4. The summed E-state index contributed by atoms with van der Waals surface area (Å²) in [5, 5.41) is 0. The monoisotopic (exact) mass is 476 g/mol. The van der Waals surface area contributed by atoms with Crippen LogP contribution in [0.4, 0.5) is 13.2 Å². The Hall–Kier alpha value is -3.31. The molecule has 3 aromatic carbocycles. The Kier molecular flexibility index (Phi) is 6.78. The number of halogens is 3. The predicted molar refractivity (Wildman–Crippen MR) is 133 cm³/mol. The second-order valence-corrected chi connectivity index (χ2v) is 9.11. The third kappa shape index (κ3) is 5.20. The van der Waals surface area contributed by atoms with Gasteiger partial charge in [-0.3, -0.25) is 0 Å². The van der Waals surface area contributed by atoms with E-state index in [1.165, 1.54) is 0 Å². The molecule has 2 nitrogen and oxygen atoms in total. The van der Waals surface area contributed by atoms with Crippen LogP contribution in [0.3, 0.4) is 0 Å². The van der Waals surface area contributed by atoms with E-state index in [0.29, 0.717) is 16.9 Å². The summed E-state index contributed by atoms with van der Waals surface area (Å²) in [5.41, 5.74) is 2.55. The molecule has 35 heavy (non-hydrogen) atoms. The molecule has 180 valence electrons. The molecule has 0 saturated carbocycles. The van der Waals surface area contributed by atoms with E-state index < -0.39 is 11.6 Å². The molecule has 3 unspecified atom stereocenters. The van der Waals surface area contributed by atoms with Crippen molar-refractivity contribution < 1.29 is 22.6 Å². The SMILES string of the molecule is C/C=C/c1ccc(-c2ccc(-c3ccc(OCC4CCC(C5CO5)C=C4F)cc3)c(F)c2F)cc1. The summed E-state index contributed by atoms with van der Waals surface area (Å²) < 4.78 is 55.4.